The van der Waals surface area contributed by atoms with Crippen molar-refractivity contribution in [1.29, 1.82) is 0 Å². The van der Waals surface area contributed by atoms with Gasteiger partial charge in [-0.15, -0.1) is 11.3 Å². The highest BCUT2D eigenvalue weighted by atomic mass is 32.1. The van der Waals surface area contributed by atoms with Gasteiger partial charge in [0.25, 0.3) is 0 Å². The Morgan fingerprint density at radius 1 is 1.40 bits per heavy atom. The molecule has 3 heterocycles. The molecule has 4 heteroatoms. The van der Waals surface area contributed by atoms with E-state index >= 15 is 0 Å². The second-order valence-electron chi connectivity index (χ2n) is 6.02. The Kier molecular flexibility index (Phi) is 4.73. The molecular formula is C16H24N2OS. The molecule has 3 rings (SSSR count). The number of carbonyl (C=O) groups excluding carboxylic acids is 1. The number of likely N-dealkylation sites (tertiary alicyclic amines) is 1. The Balaban J connectivity index is 1.51. The number of fused-ring (bicyclic) bond motifs is 1. The lowest BCUT2D eigenvalue weighted by molar-refractivity contribution is -0.133. The minimum absolute atomic E-state index is 0.348. The van der Waals surface area contributed by atoms with Crippen molar-refractivity contribution in [2.45, 2.75) is 44.6 Å². The van der Waals surface area contributed by atoms with Gasteiger partial charge in [-0.05, 0) is 49.6 Å². The van der Waals surface area contributed by atoms with E-state index in [-0.39, 0.29) is 0 Å². The van der Waals surface area contributed by atoms with Crippen LogP contribution >= 0.6 is 11.3 Å². The number of hydrogen-bond donors (Lipinski definition) is 1. The first-order chi connectivity index (χ1) is 9.83. The van der Waals surface area contributed by atoms with Crippen LogP contribution in [-0.4, -0.2) is 36.5 Å². The SMILES string of the molecule is O=C(CCc1cccs1)N1CC[C@H]2NCCCC[C@H]2C1. The standard InChI is InChI=1S/C16H24N2OS/c19-16(7-6-14-5-3-11-20-14)18-10-8-15-13(12-18)4-1-2-9-17-15/h3,5,11,13,15,17H,1-2,4,6-10,12H2/t13-,15+/m0/s1. The Labute approximate surface area is 125 Å². The van der Waals surface area contributed by atoms with Crippen LogP contribution in [0.5, 0.6) is 0 Å². The van der Waals surface area contributed by atoms with Crippen LogP contribution in [0.15, 0.2) is 17.5 Å². The summed E-state index contributed by atoms with van der Waals surface area (Å²) in [5, 5.41) is 5.75. The highest BCUT2D eigenvalue weighted by Crippen LogP contribution is 2.25. The molecule has 0 bridgehead atoms. The van der Waals surface area contributed by atoms with Gasteiger partial charge in [-0.1, -0.05) is 12.5 Å². The fourth-order valence-electron chi connectivity index (χ4n) is 3.48. The van der Waals surface area contributed by atoms with Gasteiger partial charge in [0.2, 0.25) is 5.91 Å². The van der Waals surface area contributed by atoms with E-state index in [1.807, 2.05) is 0 Å². The summed E-state index contributed by atoms with van der Waals surface area (Å²) in [6.45, 7) is 3.08. The Morgan fingerprint density at radius 2 is 2.35 bits per heavy atom. The third-order valence-electron chi connectivity index (χ3n) is 4.66. The Bertz CT molecular complexity index is 432. The maximum atomic E-state index is 12.4. The summed E-state index contributed by atoms with van der Waals surface area (Å²) in [4.78, 5) is 15.8. The molecule has 0 unspecified atom stereocenters. The fraction of sp³-hybridized carbons (Fsp3) is 0.688. The van der Waals surface area contributed by atoms with Crippen molar-refractivity contribution in [3.63, 3.8) is 0 Å². The van der Waals surface area contributed by atoms with E-state index in [1.54, 1.807) is 11.3 Å². The first kappa shape index (κ1) is 14.1. The summed E-state index contributed by atoms with van der Waals surface area (Å²) >= 11 is 1.75. The third-order valence-corrected chi connectivity index (χ3v) is 5.60. The van der Waals surface area contributed by atoms with Crippen molar-refractivity contribution >= 4 is 17.2 Å². The summed E-state index contributed by atoms with van der Waals surface area (Å²) in [5.41, 5.74) is 0. The van der Waals surface area contributed by atoms with Gasteiger partial charge in [0.15, 0.2) is 0 Å². The summed E-state index contributed by atoms with van der Waals surface area (Å²) < 4.78 is 0. The fourth-order valence-corrected chi connectivity index (χ4v) is 4.19. The van der Waals surface area contributed by atoms with Crippen molar-refractivity contribution < 1.29 is 4.79 Å². The molecule has 1 N–H and O–H groups in total. The number of piperidine rings is 1. The molecule has 1 aromatic rings. The van der Waals surface area contributed by atoms with Gasteiger partial charge in [0.1, 0.15) is 0 Å². The molecule has 2 atom stereocenters. The molecule has 0 spiro atoms. The van der Waals surface area contributed by atoms with E-state index in [0.29, 0.717) is 24.3 Å². The molecule has 20 heavy (non-hydrogen) atoms. The summed E-state index contributed by atoms with van der Waals surface area (Å²) in [5.74, 6) is 1.03. The lowest BCUT2D eigenvalue weighted by Gasteiger charge is -2.38. The van der Waals surface area contributed by atoms with Gasteiger partial charge in [0.05, 0.1) is 0 Å². The molecule has 2 aliphatic rings. The van der Waals surface area contributed by atoms with Crippen molar-refractivity contribution in [2.24, 2.45) is 5.92 Å². The molecule has 1 aromatic heterocycles. The summed E-state index contributed by atoms with van der Waals surface area (Å²) in [6.07, 6.45) is 6.59. The molecule has 0 aromatic carbocycles. The average molecular weight is 292 g/mol. The first-order valence-electron chi connectivity index (χ1n) is 7.86. The smallest absolute Gasteiger partial charge is 0.222 e. The number of thiophene rings is 1. The van der Waals surface area contributed by atoms with Crippen LogP contribution in [0.1, 0.15) is 37.0 Å². The predicted molar refractivity (Wildman–Crippen MR) is 83.0 cm³/mol. The Morgan fingerprint density at radius 3 is 3.20 bits per heavy atom. The molecule has 0 saturated carbocycles. The topological polar surface area (TPSA) is 32.3 Å². The van der Waals surface area contributed by atoms with Crippen LogP contribution in [0.4, 0.5) is 0 Å². The van der Waals surface area contributed by atoms with Crippen LogP contribution in [0.25, 0.3) is 0 Å². The Hall–Kier alpha value is -0.870. The van der Waals surface area contributed by atoms with Gasteiger partial charge in [-0.3, -0.25) is 4.79 Å². The number of carbonyl (C=O) groups is 1. The predicted octanol–water partition coefficient (Wildman–Crippen LogP) is 2.67. The van der Waals surface area contributed by atoms with Crippen LogP contribution in [-0.2, 0) is 11.2 Å². The number of rotatable bonds is 3. The molecule has 0 radical (unpaired) electrons. The quantitative estimate of drug-likeness (QED) is 0.929. The second-order valence-corrected chi connectivity index (χ2v) is 7.06. The van der Waals surface area contributed by atoms with E-state index in [1.165, 1.54) is 24.1 Å². The molecule has 2 saturated heterocycles. The minimum atomic E-state index is 0.348. The largest absolute Gasteiger partial charge is 0.342 e. The number of nitrogens with zero attached hydrogens (tertiary/aromatic N) is 1. The van der Waals surface area contributed by atoms with Gasteiger partial charge in [0, 0.05) is 30.4 Å². The van der Waals surface area contributed by atoms with E-state index < -0.39 is 0 Å². The van der Waals surface area contributed by atoms with E-state index in [4.69, 9.17) is 0 Å². The van der Waals surface area contributed by atoms with E-state index in [9.17, 15) is 4.79 Å². The highest BCUT2D eigenvalue weighted by Gasteiger charge is 2.31. The minimum Gasteiger partial charge on any atom is -0.342 e. The van der Waals surface area contributed by atoms with Crippen LogP contribution in [0.2, 0.25) is 0 Å². The number of aryl methyl sites for hydroxylation is 1. The molecule has 2 fully saturated rings. The zero-order chi connectivity index (χ0) is 13.8. The van der Waals surface area contributed by atoms with Gasteiger partial charge >= 0.3 is 0 Å². The monoisotopic (exact) mass is 292 g/mol. The molecular weight excluding hydrogens is 268 g/mol. The summed E-state index contributed by atoms with van der Waals surface area (Å²) in [6, 6.07) is 4.84. The molecule has 1 amide bonds. The van der Waals surface area contributed by atoms with Crippen molar-refractivity contribution in [3.8, 4) is 0 Å². The number of nitrogens with one attached hydrogen (secondary N) is 1. The average Bonchev–Trinajstić information content (AvgIpc) is 2.88. The lowest BCUT2D eigenvalue weighted by atomic mass is 9.89. The number of hydrogen-bond acceptors (Lipinski definition) is 3. The van der Waals surface area contributed by atoms with Gasteiger partial charge in [-0.25, -0.2) is 0 Å². The van der Waals surface area contributed by atoms with Crippen molar-refractivity contribution in [1.82, 2.24) is 10.2 Å². The maximum absolute atomic E-state index is 12.4. The molecule has 3 nitrogen and oxygen atoms in total. The van der Waals surface area contributed by atoms with Crippen LogP contribution < -0.4 is 5.32 Å². The van der Waals surface area contributed by atoms with Crippen LogP contribution in [0.3, 0.4) is 0 Å². The zero-order valence-electron chi connectivity index (χ0n) is 12.0. The third kappa shape index (κ3) is 3.41. The maximum Gasteiger partial charge on any atom is 0.222 e. The summed E-state index contributed by atoms with van der Waals surface area (Å²) in [7, 11) is 0. The van der Waals surface area contributed by atoms with E-state index in [0.717, 1.165) is 32.5 Å². The lowest BCUT2D eigenvalue weighted by Crippen LogP contribution is -2.50. The number of amides is 1. The van der Waals surface area contributed by atoms with Crippen molar-refractivity contribution in [2.75, 3.05) is 19.6 Å². The second kappa shape index (κ2) is 6.72. The normalized spacial score (nSPS) is 26.9. The molecule has 0 aliphatic carbocycles. The first-order valence-corrected chi connectivity index (χ1v) is 8.74. The van der Waals surface area contributed by atoms with Crippen LogP contribution in [0, 0.1) is 5.92 Å². The van der Waals surface area contributed by atoms with Gasteiger partial charge < -0.3 is 10.2 Å². The highest BCUT2D eigenvalue weighted by molar-refractivity contribution is 7.09. The van der Waals surface area contributed by atoms with Gasteiger partial charge in [-0.2, -0.15) is 0 Å². The molecule has 2 aliphatic heterocycles. The van der Waals surface area contributed by atoms with E-state index in [2.05, 4.69) is 27.7 Å². The van der Waals surface area contributed by atoms with Crippen molar-refractivity contribution in [3.05, 3.63) is 22.4 Å². The molecule has 110 valence electrons. The zero-order valence-corrected chi connectivity index (χ0v) is 12.8.